The molecule has 0 aliphatic heterocycles. The zero-order valence-corrected chi connectivity index (χ0v) is 16.3. The zero-order valence-electron chi connectivity index (χ0n) is 15.4. The van der Waals surface area contributed by atoms with Gasteiger partial charge in [-0.05, 0) is 36.8 Å². The second-order valence-electron chi connectivity index (χ2n) is 6.21. The number of ether oxygens (including phenoxy) is 1. The Morgan fingerprint density at radius 1 is 1.15 bits per heavy atom. The number of furan rings is 1. The van der Waals surface area contributed by atoms with Crippen molar-refractivity contribution in [3.8, 4) is 5.75 Å². The molecule has 0 saturated heterocycles. The standard InChI is InChI=1S/C19H20N2O5S/c1-12-8-9-14(11-17(12)27(23,24)21(2)3)20-19(22)16-10-13-6-5-7-15(25-4)18(13)26-16/h5-11H,1-4H3,(H,20,22). The summed E-state index contributed by atoms with van der Waals surface area (Å²) in [6.07, 6.45) is 0. The SMILES string of the molecule is COc1cccc2cc(C(=O)Nc3ccc(C)c(S(=O)(=O)N(C)C)c3)oc12. The van der Waals surface area contributed by atoms with Crippen LogP contribution in [0.25, 0.3) is 11.0 Å². The maximum atomic E-state index is 12.6. The fraction of sp³-hybridized carbons (Fsp3) is 0.211. The van der Waals surface area contributed by atoms with Crippen LogP contribution in [0.15, 0.2) is 51.8 Å². The summed E-state index contributed by atoms with van der Waals surface area (Å²) in [7, 11) is 0.826. The van der Waals surface area contributed by atoms with Gasteiger partial charge in [0.25, 0.3) is 5.91 Å². The van der Waals surface area contributed by atoms with Crippen LogP contribution in [0.5, 0.6) is 5.75 Å². The van der Waals surface area contributed by atoms with Crippen molar-refractivity contribution < 1.29 is 22.4 Å². The van der Waals surface area contributed by atoms with Crippen molar-refractivity contribution in [2.45, 2.75) is 11.8 Å². The van der Waals surface area contributed by atoms with Gasteiger partial charge in [0.05, 0.1) is 12.0 Å². The molecule has 1 amide bonds. The van der Waals surface area contributed by atoms with Gasteiger partial charge in [0.2, 0.25) is 10.0 Å². The van der Waals surface area contributed by atoms with E-state index in [1.165, 1.54) is 27.3 Å². The van der Waals surface area contributed by atoms with Crippen molar-refractivity contribution in [3.63, 3.8) is 0 Å². The maximum Gasteiger partial charge on any atom is 0.291 e. The minimum absolute atomic E-state index is 0.104. The first kappa shape index (κ1) is 18.9. The molecule has 0 atom stereocenters. The molecule has 1 heterocycles. The van der Waals surface area contributed by atoms with Gasteiger partial charge in [-0.15, -0.1) is 0 Å². The molecule has 1 aromatic heterocycles. The molecule has 0 aliphatic carbocycles. The van der Waals surface area contributed by atoms with Crippen LogP contribution in [0.2, 0.25) is 0 Å². The van der Waals surface area contributed by atoms with Gasteiger partial charge in [-0.3, -0.25) is 4.79 Å². The van der Waals surface area contributed by atoms with E-state index in [1.807, 2.05) is 6.07 Å². The highest BCUT2D eigenvalue weighted by atomic mass is 32.2. The van der Waals surface area contributed by atoms with Crippen LogP contribution in [0.1, 0.15) is 16.1 Å². The number of benzene rings is 2. The minimum Gasteiger partial charge on any atom is -0.493 e. The predicted molar refractivity (Wildman–Crippen MR) is 103 cm³/mol. The third-order valence-electron chi connectivity index (χ3n) is 4.16. The summed E-state index contributed by atoms with van der Waals surface area (Å²) in [6.45, 7) is 1.70. The number of nitrogens with one attached hydrogen (secondary N) is 1. The Balaban J connectivity index is 1.93. The average molecular weight is 388 g/mol. The summed E-state index contributed by atoms with van der Waals surface area (Å²) in [6, 6.07) is 11.7. The van der Waals surface area contributed by atoms with Crippen LogP contribution >= 0.6 is 0 Å². The molecule has 8 heteroatoms. The van der Waals surface area contributed by atoms with Crippen molar-refractivity contribution in [1.82, 2.24) is 4.31 Å². The van der Waals surface area contributed by atoms with Crippen molar-refractivity contribution in [2.24, 2.45) is 0 Å². The smallest absolute Gasteiger partial charge is 0.291 e. The molecule has 0 bridgehead atoms. The fourth-order valence-corrected chi connectivity index (χ4v) is 3.80. The fourth-order valence-electron chi connectivity index (χ4n) is 2.65. The summed E-state index contributed by atoms with van der Waals surface area (Å²) >= 11 is 0. The van der Waals surface area contributed by atoms with E-state index in [0.717, 1.165) is 9.69 Å². The number of sulfonamides is 1. The molecule has 27 heavy (non-hydrogen) atoms. The number of fused-ring (bicyclic) bond motifs is 1. The number of methoxy groups -OCH3 is 1. The highest BCUT2D eigenvalue weighted by molar-refractivity contribution is 7.89. The lowest BCUT2D eigenvalue weighted by Crippen LogP contribution is -2.23. The number of carbonyl (C=O) groups is 1. The number of rotatable bonds is 5. The van der Waals surface area contributed by atoms with E-state index in [-0.39, 0.29) is 10.7 Å². The lowest BCUT2D eigenvalue weighted by molar-refractivity contribution is 0.0998. The maximum absolute atomic E-state index is 12.6. The van der Waals surface area contributed by atoms with Gasteiger partial charge < -0.3 is 14.5 Å². The molecule has 0 spiro atoms. The van der Waals surface area contributed by atoms with Crippen LogP contribution in [0, 0.1) is 6.92 Å². The van der Waals surface area contributed by atoms with E-state index in [9.17, 15) is 13.2 Å². The molecule has 0 fully saturated rings. The predicted octanol–water partition coefficient (Wildman–Crippen LogP) is 3.25. The Bertz CT molecular complexity index is 1120. The Morgan fingerprint density at radius 2 is 1.89 bits per heavy atom. The van der Waals surface area contributed by atoms with Crippen LogP contribution in [0.4, 0.5) is 5.69 Å². The number of para-hydroxylation sites is 1. The quantitative estimate of drug-likeness (QED) is 0.725. The third-order valence-corrected chi connectivity index (χ3v) is 6.11. The molecule has 0 radical (unpaired) electrons. The van der Waals surface area contributed by atoms with Crippen molar-refractivity contribution in [1.29, 1.82) is 0 Å². The molecule has 0 aliphatic rings. The summed E-state index contributed by atoms with van der Waals surface area (Å²) < 4.78 is 36.8. The first-order chi connectivity index (χ1) is 12.7. The lowest BCUT2D eigenvalue weighted by atomic mass is 10.2. The molecular formula is C19H20N2O5S. The number of nitrogens with zero attached hydrogens (tertiary/aromatic N) is 1. The number of hydrogen-bond donors (Lipinski definition) is 1. The van der Waals surface area contributed by atoms with Crippen molar-refractivity contribution >= 4 is 32.6 Å². The molecule has 0 unspecified atom stereocenters. The van der Waals surface area contributed by atoms with E-state index in [4.69, 9.17) is 9.15 Å². The number of hydrogen-bond acceptors (Lipinski definition) is 5. The Kier molecular flexibility index (Phi) is 4.95. The second kappa shape index (κ2) is 7.05. The number of carbonyl (C=O) groups excluding carboxylic acids is 1. The topological polar surface area (TPSA) is 88.8 Å². The first-order valence-corrected chi connectivity index (χ1v) is 9.59. The third kappa shape index (κ3) is 3.54. The number of aryl methyl sites for hydroxylation is 1. The Morgan fingerprint density at radius 3 is 2.56 bits per heavy atom. The number of anilines is 1. The monoisotopic (exact) mass is 388 g/mol. The molecule has 0 saturated carbocycles. The summed E-state index contributed by atoms with van der Waals surface area (Å²) in [4.78, 5) is 12.7. The highest BCUT2D eigenvalue weighted by Gasteiger charge is 2.21. The van der Waals surface area contributed by atoms with Crippen molar-refractivity contribution in [3.05, 3.63) is 53.8 Å². The molecule has 142 valence electrons. The minimum atomic E-state index is -3.62. The van der Waals surface area contributed by atoms with Crippen molar-refractivity contribution in [2.75, 3.05) is 26.5 Å². The van der Waals surface area contributed by atoms with Crippen LogP contribution in [-0.2, 0) is 10.0 Å². The van der Waals surface area contributed by atoms with Gasteiger partial charge in [0, 0.05) is 25.2 Å². The second-order valence-corrected chi connectivity index (χ2v) is 8.33. The summed E-state index contributed by atoms with van der Waals surface area (Å²) in [5.74, 6) is 0.152. The van der Waals surface area contributed by atoms with Gasteiger partial charge in [-0.2, -0.15) is 0 Å². The van der Waals surface area contributed by atoms with Gasteiger partial charge in [0.1, 0.15) is 0 Å². The normalized spacial score (nSPS) is 11.7. The summed E-state index contributed by atoms with van der Waals surface area (Å²) in [5, 5.41) is 3.41. The molecule has 1 N–H and O–H groups in total. The van der Waals surface area contributed by atoms with E-state index in [0.29, 0.717) is 22.6 Å². The average Bonchev–Trinajstić information content (AvgIpc) is 3.07. The first-order valence-electron chi connectivity index (χ1n) is 8.15. The van der Waals surface area contributed by atoms with Gasteiger partial charge >= 0.3 is 0 Å². The van der Waals surface area contributed by atoms with Gasteiger partial charge in [-0.1, -0.05) is 18.2 Å². The Hall–Kier alpha value is -2.84. The van der Waals surface area contributed by atoms with E-state index in [1.54, 1.807) is 37.3 Å². The molecule has 2 aromatic carbocycles. The van der Waals surface area contributed by atoms with Gasteiger partial charge in [0.15, 0.2) is 17.1 Å². The van der Waals surface area contributed by atoms with E-state index in [2.05, 4.69) is 5.32 Å². The van der Waals surface area contributed by atoms with Gasteiger partial charge in [-0.25, -0.2) is 12.7 Å². The Labute approximate surface area is 157 Å². The zero-order chi connectivity index (χ0) is 19.8. The largest absolute Gasteiger partial charge is 0.493 e. The molecule has 7 nitrogen and oxygen atoms in total. The van der Waals surface area contributed by atoms with Crippen LogP contribution in [0.3, 0.4) is 0 Å². The van der Waals surface area contributed by atoms with E-state index >= 15 is 0 Å². The lowest BCUT2D eigenvalue weighted by Gasteiger charge is -2.15. The van der Waals surface area contributed by atoms with E-state index < -0.39 is 15.9 Å². The number of amides is 1. The molecule has 3 aromatic rings. The molecular weight excluding hydrogens is 368 g/mol. The summed E-state index contributed by atoms with van der Waals surface area (Å²) in [5.41, 5.74) is 1.43. The molecule has 3 rings (SSSR count). The highest BCUT2D eigenvalue weighted by Crippen LogP contribution is 2.29. The van der Waals surface area contributed by atoms with Crippen LogP contribution < -0.4 is 10.1 Å². The van der Waals surface area contributed by atoms with Crippen LogP contribution in [-0.4, -0.2) is 39.8 Å².